The second-order valence-corrected chi connectivity index (χ2v) is 7.58. The highest BCUT2D eigenvalue weighted by atomic mass is 32.2. The number of benzene rings is 1. The van der Waals surface area contributed by atoms with Crippen molar-refractivity contribution >= 4 is 23.7 Å². The van der Waals surface area contributed by atoms with E-state index < -0.39 is 5.97 Å². The van der Waals surface area contributed by atoms with E-state index in [-0.39, 0.29) is 5.41 Å². The third-order valence-corrected chi connectivity index (χ3v) is 3.66. The van der Waals surface area contributed by atoms with Gasteiger partial charge in [-0.2, -0.15) is 0 Å². The van der Waals surface area contributed by atoms with Crippen molar-refractivity contribution < 1.29 is 14.5 Å². The maximum absolute atomic E-state index is 10.1. The highest BCUT2D eigenvalue weighted by Gasteiger charge is 2.10. The number of aliphatic carboxylic acids is 1. The topological polar surface area (TPSA) is 95.6 Å². The Morgan fingerprint density at radius 3 is 2.52 bits per heavy atom. The van der Waals surface area contributed by atoms with E-state index in [9.17, 15) is 4.79 Å². The molecule has 2 rings (SSSR count). The lowest BCUT2D eigenvalue weighted by atomic mass is 9.90. The molecule has 5 nitrogen and oxygen atoms in total. The molecule has 0 unspecified atom stereocenters. The number of fused-ring (bicyclic) bond motifs is 1. The molecule has 1 aromatic carbocycles. The fraction of sp³-hybridized carbons (Fsp3) is 0.632. The van der Waals surface area contributed by atoms with Crippen LogP contribution in [0, 0.1) is 5.41 Å². The van der Waals surface area contributed by atoms with Gasteiger partial charge in [0.05, 0.1) is 0 Å². The molecule has 1 aliphatic rings. The largest absolute Gasteiger partial charge is 0.481 e. The molecule has 0 saturated carbocycles. The van der Waals surface area contributed by atoms with Crippen LogP contribution in [0.3, 0.4) is 0 Å². The predicted octanol–water partition coefficient (Wildman–Crippen LogP) is 4.61. The first-order chi connectivity index (χ1) is 11.7. The fourth-order valence-corrected chi connectivity index (χ4v) is 2.43. The van der Waals surface area contributed by atoms with Crippen molar-refractivity contribution in [3.8, 4) is 0 Å². The molecule has 1 aromatic rings. The fourth-order valence-electron chi connectivity index (χ4n) is 2.43. The van der Waals surface area contributed by atoms with E-state index in [0.29, 0.717) is 13.0 Å². The summed E-state index contributed by atoms with van der Waals surface area (Å²) >= 11 is 0.750. The molecule has 5 N–H and O–H groups in total. The number of hydrogen-bond acceptors (Lipinski definition) is 5. The number of nitrogens with two attached hydrogens (primary N) is 1. The van der Waals surface area contributed by atoms with Gasteiger partial charge in [0, 0.05) is 31.5 Å². The summed E-state index contributed by atoms with van der Waals surface area (Å²) in [7, 11) is 0. The van der Waals surface area contributed by atoms with Crippen LogP contribution in [0.25, 0.3) is 0 Å². The molecule has 25 heavy (non-hydrogen) atoms. The van der Waals surface area contributed by atoms with Gasteiger partial charge in [-0.05, 0) is 60.3 Å². The molecule has 144 valence electrons. The molecule has 0 fully saturated rings. The summed E-state index contributed by atoms with van der Waals surface area (Å²) in [6.45, 7) is 8.11. The highest BCUT2D eigenvalue weighted by molar-refractivity contribution is 7.93. The van der Waals surface area contributed by atoms with Crippen LogP contribution < -0.4 is 11.1 Å². The number of aryl methyl sites for hydroxylation is 1. The van der Waals surface area contributed by atoms with Crippen LogP contribution in [0.4, 0.5) is 5.69 Å². The Morgan fingerprint density at radius 2 is 2.00 bits per heavy atom. The predicted molar refractivity (Wildman–Crippen MR) is 108 cm³/mol. The zero-order chi connectivity index (χ0) is 19.3. The number of carboxylic acids is 1. The van der Waals surface area contributed by atoms with Gasteiger partial charge in [0.25, 0.3) is 0 Å². The second-order valence-electron chi connectivity index (χ2n) is 7.22. The monoisotopic (exact) mass is 370 g/mol. The molecular weight excluding hydrogens is 336 g/mol. The van der Waals surface area contributed by atoms with E-state index in [4.69, 9.17) is 15.4 Å². The summed E-state index contributed by atoms with van der Waals surface area (Å²) in [5.41, 5.74) is 9.78. The molecule has 1 heterocycles. The Bertz CT molecular complexity index is 502. The van der Waals surface area contributed by atoms with Gasteiger partial charge in [-0.15, -0.1) is 0 Å². The maximum atomic E-state index is 10.1. The number of anilines is 1. The first-order valence-electron chi connectivity index (χ1n) is 8.68. The summed E-state index contributed by atoms with van der Waals surface area (Å²) in [5.74, 6) is -0.691. The van der Waals surface area contributed by atoms with Crippen molar-refractivity contribution in [3.63, 3.8) is 0 Å². The molecule has 0 amide bonds. The maximum Gasteiger partial charge on any atom is 0.303 e. The average molecular weight is 371 g/mol. The lowest BCUT2D eigenvalue weighted by Gasteiger charge is -2.18. The van der Waals surface area contributed by atoms with E-state index in [0.717, 1.165) is 31.4 Å². The minimum Gasteiger partial charge on any atom is -0.481 e. The van der Waals surface area contributed by atoms with Crippen LogP contribution in [0.5, 0.6) is 0 Å². The number of carboxylic acid groups (broad SMARTS) is 1. The van der Waals surface area contributed by atoms with Crippen LogP contribution in [0.2, 0.25) is 0 Å². The van der Waals surface area contributed by atoms with E-state index in [1.54, 1.807) is 6.26 Å². The Hall–Kier alpha value is -1.24. The molecule has 0 radical (unpaired) electrons. The van der Waals surface area contributed by atoms with E-state index in [1.165, 1.54) is 29.7 Å². The second kappa shape index (κ2) is 13.0. The van der Waals surface area contributed by atoms with Crippen molar-refractivity contribution in [2.75, 3.05) is 18.1 Å². The van der Waals surface area contributed by atoms with E-state index >= 15 is 0 Å². The van der Waals surface area contributed by atoms with Crippen LogP contribution >= 0.6 is 12.0 Å². The molecule has 6 heteroatoms. The Labute approximate surface area is 156 Å². The standard InChI is InChI=1S/C10H14N2.C8H16O2.CH4OS/c11-7-8-3-4-10-9(6-8)2-1-5-12-10;1-8(2,3)6-4-5-7(9)10;1-3-2/h3-4,6,12H,1-2,5,7,11H2;4-6H2,1-3H3,(H,9,10);2H,1H3. The van der Waals surface area contributed by atoms with Gasteiger partial charge in [0.2, 0.25) is 0 Å². The first kappa shape index (κ1) is 23.8. The van der Waals surface area contributed by atoms with Crippen LogP contribution in [0.1, 0.15) is 57.6 Å². The SMILES string of the molecule is CC(C)(C)CCCC(=O)O.CSO.NCc1ccc2c(c1)CCCN2. The number of carbonyl (C=O) groups is 1. The van der Waals surface area contributed by atoms with Gasteiger partial charge in [-0.3, -0.25) is 4.79 Å². The third-order valence-electron chi connectivity index (χ3n) is 3.66. The zero-order valence-electron chi connectivity index (χ0n) is 16.0. The Morgan fingerprint density at radius 1 is 1.36 bits per heavy atom. The van der Waals surface area contributed by atoms with Gasteiger partial charge >= 0.3 is 5.97 Å². The van der Waals surface area contributed by atoms with Crippen molar-refractivity contribution in [1.82, 2.24) is 0 Å². The van der Waals surface area contributed by atoms with Crippen LogP contribution in [-0.2, 0) is 17.8 Å². The van der Waals surface area contributed by atoms with Crippen molar-refractivity contribution in [2.45, 2.75) is 59.4 Å². The Kier molecular flexibility index (Phi) is 12.4. The van der Waals surface area contributed by atoms with Gasteiger partial charge < -0.3 is 20.7 Å². The highest BCUT2D eigenvalue weighted by Crippen LogP contribution is 2.22. The van der Waals surface area contributed by atoms with Crippen molar-refractivity contribution in [2.24, 2.45) is 11.1 Å². The average Bonchev–Trinajstić information content (AvgIpc) is 2.54. The molecule has 0 aliphatic carbocycles. The summed E-state index contributed by atoms with van der Waals surface area (Å²) in [6.07, 6.45) is 6.10. The van der Waals surface area contributed by atoms with Gasteiger partial charge in [0.1, 0.15) is 0 Å². The van der Waals surface area contributed by atoms with E-state index in [1.807, 2.05) is 0 Å². The molecule has 0 bridgehead atoms. The zero-order valence-corrected chi connectivity index (χ0v) is 16.8. The minimum atomic E-state index is -0.691. The molecular formula is C19H34N2O3S. The van der Waals surface area contributed by atoms with Crippen LogP contribution in [-0.4, -0.2) is 28.4 Å². The normalized spacial score (nSPS) is 12.6. The third kappa shape index (κ3) is 12.7. The van der Waals surface area contributed by atoms with E-state index in [2.05, 4.69) is 44.3 Å². The molecule has 0 spiro atoms. The van der Waals surface area contributed by atoms with Gasteiger partial charge in [-0.1, -0.05) is 32.9 Å². The Balaban J connectivity index is 0.000000406. The number of rotatable bonds is 4. The molecule has 0 aromatic heterocycles. The number of hydrogen-bond donors (Lipinski definition) is 4. The first-order valence-corrected chi connectivity index (χ1v) is 9.86. The molecule has 0 saturated heterocycles. The van der Waals surface area contributed by atoms with Crippen LogP contribution in [0.15, 0.2) is 18.2 Å². The summed E-state index contributed by atoms with van der Waals surface area (Å²) in [4.78, 5) is 10.1. The van der Waals surface area contributed by atoms with Gasteiger partial charge in [-0.25, -0.2) is 0 Å². The quantitative estimate of drug-likeness (QED) is 0.578. The number of nitrogens with one attached hydrogen (secondary N) is 1. The molecule has 0 atom stereocenters. The van der Waals surface area contributed by atoms with Gasteiger partial charge in [0.15, 0.2) is 0 Å². The lowest BCUT2D eigenvalue weighted by Crippen LogP contribution is -2.12. The smallest absolute Gasteiger partial charge is 0.303 e. The van der Waals surface area contributed by atoms with Crippen molar-refractivity contribution in [1.29, 1.82) is 0 Å². The summed E-state index contributed by atoms with van der Waals surface area (Å²) in [5, 5.41) is 11.7. The molecule has 1 aliphatic heterocycles. The summed E-state index contributed by atoms with van der Waals surface area (Å²) in [6, 6.07) is 6.44. The lowest BCUT2D eigenvalue weighted by molar-refractivity contribution is -0.137. The summed E-state index contributed by atoms with van der Waals surface area (Å²) < 4.78 is 7.49. The minimum absolute atomic E-state index is 0.273. The van der Waals surface area contributed by atoms with Crippen molar-refractivity contribution in [3.05, 3.63) is 29.3 Å².